The Morgan fingerprint density at radius 1 is 1.18 bits per heavy atom. The number of likely N-dealkylation sites (tertiary alicyclic amines) is 1. The van der Waals surface area contributed by atoms with Gasteiger partial charge in [-0.05, 0) is 54.9 Å². The van der Waals surface area contributed by atoms with Crippen molar-refractivity contribution in [2.45, 2.75) is 57.5 Å². The Labute approximate surface area is 207 Å². The Bertz CT molecular complexity index is 1020. The van der Waals surface area contributed by atoms with Gasteiger partial charge in [-0.3, -0.25) is 4.79 Å². The van der Waals surface area contributed by atoms with Crippen molar-refractivity contribution in [1.82, 2.24) is 15.5 Å². The van der Waals surface area contributed by atoms with Gasteiger partial charge in [-0.25, -0.2) is 4.79 Å². The number of hydrogen-bond donors (Lipinski definition) is 2. The molecule has 1 fully saturated rings. The van der Waals surface area contributed by atoms with Gasteiger partial charge < -0.3 is 15.5 Å². The molecule has 34 heavy (non-hydrogen) atoms. The van der Waals surface area contributed by atoms with E-state index in [4.69, 9.17) is 11.6 Å². The van der Waals surface area contributed by atoms with Crippen molar-refractivity contribution >= 4 is 23.5 Å². The van der Waals surface area contributed by atoms with Crippen molar-refractivity contribution in [3.05, 3.63) is 70.7 Å². The fourth-order valence-electron chi connectivity index (χ4n) is 4.65. The van der Waals surface area contributed by atoms with E-state index >= 15 is 0 Å². The largest absolute Gasteiger partial charge is 0.350 e. The number of amides is 3. The van der Waals surface area contributed by atoms with E-state index in [9.17, 15) is 14.9 Å². The lowest BCUT2D eigenvalue weighted by molar-refractivity contribution is -0.124. The minimum Gasteiger partial charge on any atom is -0.350 e. The molecule has 0 aromatic heterocycles. The van der Waals surface area contributed by atoms with Crippen LogP contribution in [-0.2, 0) is 16.8 Å². The highest BCUT2D eigenvalue weighted by Crippen LogP contribution is 2.36. The molecule has 0 bridgehead atoms. The minimum absolute atomic E-state index is 0.141. The van der Waals surface area contributed by atoms with E-state index < -0.39 is 11.5 Å². The van der Waals surface area contributed by atoms with Crippen LogP contribution in [0.2, 0.25) is 5.02 Å². The van der Waals surface area contributed by atoms with Crippen LogP contribution in [0.1, 0.15) is 50.7 Å². The van der Waals surface area contributed by atoms with Gasteiger partial charge in [-0.1, -0.05) is 67.9 Å². The van der Waals surface area contributed by atoms with Crippen LogP contribution in [-0.4, -0.2) is 36.0 Å². The zero-order chi connectivity index (χ0) is 24.6. The molecule has 2 N–H and O–H groups in total. The van der Waals surface area contributed by atoms with Gasteiger partial charge in [0.1, 0.15) is 6.04 Å². The molecule has 1 aliphatic rings. The van der Waals surface area contributed by atoms with Gasteiger partial charge in [-0.15, -0.1) is 0 Å². The molecule has 3 rings (SSSR count). The molecule has 1 aliphatic heterocycles. The molecule has 2 aromatic rings. The molecule has 0 saturated carbocycles. The lowest BCUT2D eigenvalue weighted by Crippen LogP contribution is -2.49. The third-order valence-corrected chi connectivity index (χ3v) is 6.91. The van der Waals surface area contributed by atoms with Crippen molar-refractivity contribution in [1.29, 1.82) is 5.26 Å². The second kappa shape index (κ2) is 11.9. The molecular formula is C27H33ClN4O2. The average Bonchev–Trinajstić information content (AvgIpc) is 3.33. The smallest absolute Gasteiger partial charge is 0.318 e. The lowest BCUT2D eigenvalue weighted by atomic mass is 9.70. The number of carbonyl (C=O) groups excluding carboxylic acids is 2. The monoisotopic (exact) mass is 480 g/mol. The highest BCUT2D eigenvalue weighted by atomic mass is 35.5. The molecule has 1 heterocycles. The third-order valence-electron chi connectivity index (χ3n) is 6.67. The number of benzene rings is 2. The number of rotatable bonds is 9. The summed E-state index contributed by atoms with van der Waals surface area (Å²) in [5.41, 5.74) is 1.33. The average molecular weight is 481 g/mol. The van der Waals surface area contributed by atoms with Crippen LogP contribution in [0, 0.1) is 17.2 Å². The topological polar surface area (TPSA) is 85.2 Å². The molecule has 1 saturated heterocycles. The quantitative estimate of drug-likeness (QED) is 0.493. The molecule has 0 radical (unpaired) electrons. The van der Waals surface area contributed by atoms with E-state index in [0.717, 1.165) is 17.5 Å². The number of nitrogens with zero attached hydrogens (tertiary/aromatic N) is 2. The molecule has 6 nitrogen and oxygen atoms in total. The van der Waals surface area contributed by atoms with E-state index in [1.807, 2.05) is 48.5 Å². The van der Waals surface area contributed by atoms with Crippen molar-refractivity contribution in [3.8, 4) is 6.07 Å². The van der Waals surface area contributed by atoms with E-state index in [2.05, 4.69) is 30.6 Å². The number of hydrogen-bond acceptors (Lipinski definition) is 3. The first-order chi connectivity index (χ1) is 16.4. The fraction of sp³-hybridized carbons (Fsp3) is 0.444. The van der Waals surface area contributed by atoms with Crippen molar-refractivity contribution in [2.24, 2.45) is 5.92 Å². The highest BCUT2D eigenvalue weighted by Gasteiger charge is 2.36. The Morgan fingerprint density at radius 3 is 2.62 bits per heavy atom. The fourth-order valence-corrected chi connectivity index (χ4v) is 4.86. The predicted octanol–water partition coefficient (Wildman–Crippen LogP) is 5.03. The predicted molar refractivity (Wildman–Crippen MR) is 134 cm³/mol. The Morgan fingerprint density at radius 2 is 1.94 bits per heavy atom. The van der Waals surface area contributed by atoms with Gasteiger partial charge in [0.15, 0.2) is 0 Å². The summed E-state index contributed by atoms with van der Waals surface area (Å²) in [5.74, 6) is -0.0123. The van der Waals surface area contributed by atoms with Crippen LogP contribution in [0.3, 0.4) is 0 Å². The third kappa shape index (κ3) is 6.09. The van der Waals surface area contributed by atoms with Gasteiger partial charge in [0.05, 0.1) is 11.5 Å². The van der Waals surface area contributed by atoms with E-state index in [1.54, 1.807) is 11.0 Å². The normalized spacial score (nSPS) is 17.1. The maximum Gasteiger partial charge on any atom is 0.318 e. The first-order valence-corrected chi connectivity index (χ1v) is 12.3. The van der Waals surface area contributed by atoms with E-state index in [-0.39, 0.29) is 17.9 Å². The molecule has 1 unspecified atom stereocenters. The minimum atomic E-state index is -0.595. The molecule has 180 valence electrons. The Hall–Kier alpha value is -3.04. The van der Waals surface area contributed by atoms with Crippen LogP contribution < -0.4 is 10.6 Å². The van der Waals surface area contributed by atoms with Gasteiger partial charge in [0, 0.05) is 24.7 Å². The summed E-state index contributed by atoms with van der Waals surface area (Å²) >= 11 is 6.01. The number of nitriles is 1. The van der Waals surface area contributed by atoms with Crippen LogP contribution in [0.4, 0.5) is 4.79 Å². The van der Waals surface area contributed by atoms with Crippen LogP contribution in [0.25, 0.3) is 0 Å². The SMILES string of the molecule is CC(C)C(C#N)(CCCNC(=O)N1CCC[C@@H]1C(=O)NCc1cccc(Cl)c1)c1ccccc1. The van der Waals surface area contributed by atoms with Gasteiger partial charge in [0.2, 0.25) is 5.91 Å². The van der Waals surface area contributed by atoms with Crippen LogP contribution >= 0.6 is 11.6 Å². The molecule has 0 aliphatic carbocycles. The standard InChI is InChI=1S/C27H33ClN4O2/c1-20(2)27(19-29,22-10-4-3-5-11-22)14-8-15-30-26(34)32-16-7-13-24(32)25(33)31-18-21-9-6-12-23(28)17-21/h3-6,9-12,17,20,24H,7-8,13-16,18H2,1-2H3,(H,30,34)(H,31,33)/t24-,27?/m1/s1. The summed E-state index contributed by atoms with van der Waals surface area (Å²) in [7, 11) is 0. The molecule has 2 atom stereocenters. The Balaban J connectivity index is 1.51. The maximum atomic E-state index is 12.8. The Kier molecular flexibility index (Phi) is 8.95. The summed E-state index contributed by atoms with van der Waals surface area (Å²) in [6.45, 7) is 5.50. The first kappa shape index (κ1) is 25.6. The van der Waals surface area contributed by atoms with Crippen molar-refractivity contribution < 1.29 is 9.59 Å². The molecule has 0 spiro atoms. The number of carbonyl (C=O) groups is 2. The second-order valence-electron chi connectivity index (χ2n) is 9.14. The highest BCUT2D eigenvalue weighted by molar-refractivity contribution is 6.30. The summed E-state index contributed by atoms with van der Waals surface area (Å²) in [5, 5.41) is 16.5. The molecule has 7 heteroatoms. The first-order valence-electron chi connectivity index (χ1n) is 11.9. The van der Waals surface area contributed by atoms with Gasteiger partial charge >= 0.3 is 6.03 Å². The van der Waals surface area contributed by atoms with Gasteiger partial charge in [-0.2, -0.15) is 5.26 Å². The van der Waals surface area contributed by atoms with E-state index in [1.165, 1.54) is 0 Å². The van der Waals surface area contributed by atoms with Crippen LogP contribution in [0.5, 0.6) is 0 Å². The number of nitrogens with one attached hydrogen (secondary N) is 2. The van der Waals surface area contributed by atoms with E-state index in [0.29, 0.717) is 43.9 Å². The molecule has 2 aromatic carbocycles. The zero-order valence-corrected chi connectivity index (χ0v) is 20.6. The summed E-state index contributed by atoms with van der Waals surface area (Å²) in [6.07, 6.45) is 2.76. The maximum absolute atomic E-state index is 12.8. The summed E-state index contributed by atoms with van der Waals surface area (Å²) in [4.78, 5) is 27.2. The molecule has 3 amide bonds. The van der Waals surface area contributed by atoms with Crippen molar-refractivity contribution in [2.75, 3.05) is 13.1 Å². The van der Waals surface area contributed by atoms with Gasteiger partial charge in [0.25, 0.3) is 0 Å². The second-order valence-corrected chi connectivity index (χ2v) is 9.57. The van der Waals surface area contributed by atoms with Crippen molar-refractivity contribution in [3.63, 3.8) is 0 Å². The van der Waals surface area contributed by atoms with Crippen LogP contribution in [0.15, 0.2) is 54.6 Å². The summed E-state index contributed by atoms with van der Waals surface area (Å²) in [6, 6.07) is 19.0. The number of urea groups is 1. The molecular weight excluding hydrogens is 448 g/mol. The lowest BCUT2D eigenvalue weighted by Gasteiger charge is -2.31. The number of halogens is 1. The summed E-state index contributed by atoms with van der Waals surface area (Å²) < 4.78 is 0. The zero-order valence-electron chi connectivity index (χ0n) is 19.9.